The van der Waals surface area contributed by atoms with Gasteiger partial charge in [0.2, 0.25) is 5.43 Å². The van der Waals surface area contributed by atoms with Gasteiger partial charge in [-0.2, -0.15) is 0 Å². The summed E-state index contributed by atoms with van der Waals surface area (Å²) in [4.78, 5) is 40.1. The Kier molecular flexibility index (Phi) is 6.79. The number of aromatic nitrogens is 1. The molecule has 1 spiro atoms. The number of amides is 2. The van der Waals surface area contributed by atoms with Crippen molar-refractivity contribution in [2.75, 3.05) is 13.2 Å². The Hall–Kier alpha value is -2.62. The number of nitrogens with zero attached hydrogens (tertiary/aromatic N) is 2. The number of hydrogen-bond donors (Lipinski definition) is 3. The molecular weight excluding hydrogens is 476 g/mol. The lowest BCUT2D eigenvalue weighted by molar-refractivity contribution is 0.0551. The van der Waals surface area contributed by atoms with Crippen molar-refractivity contribution in [2.24, 2.45) is 5.92 Å². The monoisotopic (exact) mass is 499 g/mol. The molecule has 3 N–H and O–H groups in total. The van der Waals surface area contributed by atoms with E-state index in [0.717, 1.165) is 0 Å². The summed E-state index contributed by atoms with van der Waals surface area (Å²) in [6.45, 7) is 3.57. The number of carbonyl (C=O) groups is 2. The normalized spacial score (nSPS) is 21.1. The second-order valence-electron chi connectivity index (χ2n) is 8.55. The minimum absolute atomic E-state index is 0. The van der Waals surface area contributed by atoms with E-state index in [0.29, 0.717) is 13.0 Å². The zero-order valence-electron chi connectivity index (χ0n) is 18.0. The molecule has 178 valence electrons. The van der Waals surface area contributed by atoms with E-state index in [2.05, 4.69) is 5.32 Å². The van der Waals surface area contributed by atoms with Crippen LogP contribution in [0.2, 0.25) is 5.02 Å². The van der Waals surface area contributed by atoms with Crippen LogP contribution < -0.4 is 10.7 Å². The van der Waals surface area contributed by atoms with Crippen molar-refractivity contribution in [3.63, 3.8) is 0 Å². The number of hydrogen-bond acceptors (Lipinski definition) is 5. The minimum atomic E-state index is -0.990. The molecule has 0 unspecified atom stereocenters. The molecule has 2 aliphatic rings. The summed E-state index contributed by atoms with van der Waals surface area (Å²) in [7, 11) is 0. The predicted octanol–water partition coefficient (Wildman–Crippen LogP) is 2.27. The second-order valence-corrected chi connectivity index (χ2v) is 8.96. The van der Waals surface area contributed by atoms with Gasteiger partial charge in [-0.15, -0.1) is 12.4 Å². The fourth-order valence-electron chi connectivity index (χ4n) is 4.36. The van der Waals surface area contributed by atoms with Gasteiger partial charge >= 0.3 is 0 Å². The number of carbonyl (C=O) groups excluding carboxylic acids is 2. The largest absolute Gasteiger partial charge is 0.503 e. The maximum atomic E-state index is 14.1. The van der Waals surface area contributed by atoms with E-state index in [1.807, 2.05) is 13.8 Å². The van der Waals surface area contributed by atoms with Crippen LogP contribution in [0.25, 0.3) is 0 Å². The molecule has 1 aromatic carbocycles. The van der Waals surface area contributed by atoms with Crippen LogP contribution in [0.15, 0.2) is 29.2 Å². The quantitative estimate of drug-likeness (QED) is 0.584. The lowest BCUT2D eigenvalue weighted by Crippen LogP contribution is -2.52. The third-order valence-electron chi connectivity index (χ3n) is 6.33. The van der Waals surface area contributed by atoms with E-state index in [-0.39, 0.29) is 59.4 Å². The number of aliphatic hydroxyl groups excluding tert-OH is 1. The van der Waals surface area contributed by atoms with Gasteiger partial charge < -0.3 is 25.0 Å². The van der Waals surface area contributed by atoms with E-state index in [9.17, 15) is 29.0 Å². The highest BCUT2D eigenvalue weighted by Gasteiger charge is 2.60. The first-order valence-electron chi connectivity index (χ1n) is 10.2. The summed E-state index contributed by atoms with van der Waals surface area (Å²) < 4.78 is 15.6. The van der Waals surface area contributed by atoms with Crippen molar-refractivity contribution >= 4 is 35.8 Å². The molecule has 2 aromatic rings. The van der Waals surface area contributed by atoms with Gasteiger partial charge in [-0.25, -0.2) is 4.39 Å². The maximum absolute atomic E-state index is 14.1. The first kappa shape index (κ1) is 25.0. The molecule has 1 saturated carbocycles. The molecule has 4 rings (SSSR count). The maximum Gasteiger partial charge on any atom is 0.274 e. The molecule has 1 aromatic heterocycles. The summed E-state index contributed by atoms with van der Waals surface area (Å²) in [6, 6.07) is 4.17. The van der Waals surface area contributed by atoms with Crippen LogP contribution in [0.4, 0.5) is 4.39 Å². The van der Waals surface area contributed by atoms with Crippen molar-refractivity contribution in [1.29, 1.82) is 0 Å². The lowest BCUT2D eigenvalue weighted by Gasteiger charge is -2.39. The summed E-state index contributed by atoms with van der Waals surface area (Å²) in [5.41, 5.74) is -2.13. The molecule has 1 fully saturated rings. The van der Waals surface area contributed by atoms with Gasteiger partial charge in [0, 0.05) is 43.4 Å². The van der Waals surface area contributed by atoms with E-state index in [1.54, 1.807) is 4.90 Å². The number of aromatic hydroxyl groups is 1. The molecule has 0 saturated heterocycles. The molecule has 0 radical (unpaired) electrons. The second kappa shape index (κ2) is 8.96. The molecule has 0 bridgehead atoms. The van der Waals surface area contributed by atoms with Crippen LogP contribution in [-0.2, 0) is 12.1 Å². The smallest absolute Gasteiger partial charge is 0.274 e. The van der Waals surface area contributed by atoms with Crippen LogP contribution in [0.5, 0.6) is 5.75 Å². The third-order valence-corrected chi connectivity index (χ3v) is 6.62. The summed E-state index contributed by atoms with van der Waals surface area (Å²) in [6.07, 6.45) is 1.79. The Labute approximate surface area is 200 Å². The fraction of sp³-hybridized carbons (Fsp3) is 0.409. The van der Waals surface area contributed by atoms with Gasteiger partial charge in [0.15, 0.2) is 11.4 Å². The molecule has 8 nitrogen and oxygen atoms in total. The van der Waals surface area contributed by atoms with Crippen LogP contribution >= 0.6 is 24.0 Å². The van der Waals surface area contributed by atoms with E-state index in [4.69, 9.17) is 11.6 Å². The van der Waals surface area contributed by atoms with E-state index in [1.165, 1.54) is 29.0 Å². The number of benzene rings is 1. The van der Waals surface area contributed by atoms with E-state index < -0.39 is 34.3 Å². The Morgan fingerprint density at radius 1 is 1.36 bits per heavy atom. The average Bonchev–Trinajstić information content (AvgIpc) is 3.47. The highest BCUT2D eigenvalue weighted by atomic mass is 35.5. The number of fused-ring (bicyclic) bond motifs is 2. The van der Waals surface area contributed by atoms with Gasteiger partial charge in [-0.3, -0.25) is 14.4 Å². The highest BCUT2D eigenvalue weighted by molar-refractivity contribution is 6.30. The summed E-state index contributed by atoms with van der Waals surface area (Å²) in [5, 5.41) is 22.7. The first-order chi connectivity index (χ1) is 15.1. The van der Waals surface area contributed by atoms with Gasteiger partial charge in [0.25, 0.3) is 11.8 Å². The van der Waals surface area contributed by atoms with Gasteiger partial charge in [0.1, 0.15) is 11.4 Å². The van der Waals surface area contributed by atoms with Crippen molar-refractivity contribution in [1.82, 2.24) is 14.8 Å². The van der Waals surface area contributed by atoms with Gasteiger partial charge in [-0.1, -0.05) is 23.7 Å². The molecule has 1 aliphatic heterocycles. The van der Waals surface area contributed by atoms with Crippen molar-refractivity contribution in [3.8, 4) is 5.75 Å². The number of aliphatic hydroxyl groups is 1. The molecule has 11 heteroatoms. The Morgan fingerprint density at radius 3 is 2.67 bits per heavy atom. The van der Waals surface area contributed by atoms with Crippen LogP contribution in [0, 0.1) is 11.7 Å². The van der Waals surface area contributed by atoms with Gasteiger partial charge in [0.05, 0.1) is 10.6 Å². The molecule has 2 amide bonds. The minimum Gasteiger partial charge on any atom is -0.503 e. The summed E-state index contributed by atoms with van der Waals surface area (Å²) in [5.74, 6) is -3.02. The first-order valence-corrected chi connectivity index (χ1v) is 10.6. The third kappa shape index (κ3) is 3.98. The van der Waals surface area contributed by atoms with Crippen LogP contribution in [0.3, 0.4) is 0 Å². The SMILES string of the molecule is CC(C)N1C[C@@]2(C[C@H]2CO)n2cc(C(=O)NCc3cccc(Cl)c3F)c(=O)c(O)c2C1=O.Cl. The molecule has 2 heterocycles. The topological polar surface area (TPSA) is 112 Å². The number of halogens is 3. The Bertz CT molecular complexity index is 1190. The summed E-state index contributed by atoms with van der Waals surface area (Å²) >= 11 is 5.75. The molecule has 33 heavy (non-hydrogen) atoms. The van der Waals surface area contributed by atoms with Crippen LogP contribution in [0.1, 0.15) is 46.7 Å². The Morgan fingerprint density at radius 2 is 2.06 bits per heavy atom. The molecule has 2 atom stereocenters. The molecular formula is C22H24Cl2FN3O5. The van der Waals surface area contributed by atoms with Crippen LogP contribution in [-0.4, -0.2) is 50.7 Å². The zero-order valence-corrected chi connectivity index (χ0v) is 19.5. The van der Waals surface area contributed by atoms with Crippen molar-refractivity contribution < 1.29 is 24.2 Å². The van der Waals surface area contributed by atoms with E-state index >= 15 is 0 Å². The van der Waals surface area contributed by atoms with Crippen molar-refractivity contribution in [2.45, 2.75) is 38.4 Å². The predicted molar refractivity (Wildman–Crippen MR) is 122 cm³/mol. The fourth-order valence-corrected chi connectivity index (χ4v) is 4.56. The standard InChI is InChI=1S/C22H23ClFN3O5.ClH/c1-11(2)26-10-22(6-13(22)9-28)27-8-14(18(29)19(30)17(27)21(26)32)20(31)25-7-12-4-3-5-15(23)16(12)24;/h3-5,8,11,13,28,30H,6-7,9-10H2,1-2H3,(H,25,31);1H/t13-,22+;/m0./s1. The Balaban J connectivity index is 0.00000306. The lowest BCUT2D eigenvalue weighted by atomic mass is 10.0. The van der Waals surface area contributed by atoms with Gasteiger partial charge in [-0.05, 0) is 26.3 Å². The number of pyridine rings is 1. The highest BCUT2D eigenvalue weighted by Crippen LogP contribution is 2.54. The number of rotatable bonds is 5. The zero-order chi connectivity index (χ0) is 23.4. The average molecular weight is 500 g/mol. The molecule has 1 aliphatic carbocycles. The van der Waals surface area contributed by atoms with Crippen molar-refractivity contribution in [3.05, 3.63) is 62.3 Å². The number of nitrogens with one attached hydrogen (secondary N) is 1.